The Balaban J connectivity index is 1.39. The van der Waals surface area contributed by atoms with Crippen LogP contribution >= 0.6 is 11.3 Å². The summed E-state index contributed by atoms with van der Waals surface area (Å²) in [6.45, 7) is 14.3. The summed E-state index contributed by atoms with van der Waals surface area (Å²) in [5, 5.41) is 10.6. The molecule has 1 unspecified atom stereocenters. The quantitative estimate of drug-likeness (QED) is 0.545. The molecule has 1 aromatic carbocycles. The van der Waals surface area contributed by atoms with Crippen LogP contribution in [0.4, 0.5) is 10.1 Å². The van der Waals surface area contributed by atoms with E-state index in [1.807, 2.05) is 19.1 Å². The van der Waals surface area contributed by atoms with Crippen LogP contribution in [0.2, 0.25) is 0 Å². The van der Waals surface area contributed by atoms with Gasteiger partial charge in [0.25, 0.3) is 0 Å². The zero-order chi connectivity index (χ0) is 19.4. The average Bonchev–Trinajstić information content (AvgIpc) is 2.93. The minimum atomic E-state index is -0.334. The fourth-order valence-corrected chi connectivity index (χ4v) is 4.55. The predicted molar refractivity (Wildman–Crippen MR) is 116 cm³/mol. The summed E-state index contributed by atoms with van der Waals surface area (Å²) in [5.74, 6) is -0.334. The van der Waals surface area contributed by atoms with Crippen molar-refractivity contribution >= 4 is 28.4 Å². The number of hydrogen-bond donors (Lipinski definition) is 3. The second-order valence-corrected chi connectivity index (χ2v) is 8.15. The van der Waals surface area contributed by atoms with E-state index < -0.39 is 0 Å². The van der Waals surface area contributed by atoms with Crippen LogP contribution in [0, 0.1) is 13.8 Å². The van der Waals surface area contributed by atoms with E-state index in [4.69, 9.17) is 0 Å². The zero-order valence-electron chi connectivity index (χ0n) is 16.1. The summed E-state index contributed by atoms with van der Waals surface area (Å²) in [7, 11) is 0. The number of nitrogens with one attached hydrogen (secondary N) is 3. The standard InChI is InChI=1S/C22H28FN3S/c1-14-12-21(26-19-9-6-5-8-18(14)19)25-11-7-10-24-13-20-15(2)16(3)22(27-20)17(4)23/h5-6,8-9,21,24-26H,1,4,7,10-13H2,2-3H3. The third-order valence-electron chi connectivity index (χ3n) is 5.09. The van der Waals surface area contributed by atoms with E-state index in [2.05, 4.69) is 48.2 Å². The molecule has 1 aliphatic heterocycles. The normalized spacial score (nSPS) is 16.1. The third-order valence-corrected chi connectivity index (χ3v) is 6.52. The Bertz CT molecular complexity index is 840. The van der Waals surface area contributed by atoms with Gasteiger partial charge in [-0.1, -0.05) is 31.4 Å². The second kappa shape index (κ2) is 8.83. The van der Waals surface area contributed by atoms with Gasteiger partial charge in [-0.25, -0.2) is 4.39 Å². The van der Waals surface area contributed by atoms with Gasteiger partial charge in [-0.2, -0.15) is 0 Å². The molecule has 1 aliphatic rings. The van der Waals surface area contributed by atoms with E-state index >= 15 is 0 Å². The molecule has 2 aromatic rings. The van der Waals surface area contributed by atoms with Crippen LogP contribution in [-0.2, 0) is 6.54 Å². The van der Waals surface area contributed by atoms with E-state index in [9.17, 15) is 4.39 Å². The van der Waals surface area contributed by atoms with Gasteiger partial charge in [-0.3, -0.25) is 5.32 Å². The van der Waals surface area contributed by atoms with Gasteiger partial charge in [-0.15, -0.1) is 11.3 Å². The molecule has 1 aromatic heterocycles. The van der Waals surface area contributed by atoms with Crippen LogP contribution in [0.1, 0.15) is 39.3 Å². The maximum atomic E-state index is 13.4. The second-order valence-electron chi connectivity index (χ2n) is 7.04. The molecule has 3 nitrogen and oxygen atoms in total. The van der Waals surface area contributed by atoms with Gasteiger partial charge >= 0.3 is 0 Å². The van der Waals surface area contributed by atoms with Crippen molar-refractivity contribution < 1.29 is 4.39 Å². The van der Waals surface area contributed by atoms with Crippen molar-refractivity contribution in [2.75, 3.05) is 18.4 Å². The number of benzene rings is 1. The van der Waals surface area contributed by atoms with Crippen LogP contribution in [0.25, 0.3) is 11.4 Å². The van der Waals surface area contributed by atoms with Crippen molar-refractivity contribution in [1.29, 1.82) is 0 Å². The smallest absolute Gasteiger partial charge is 0.133 e. The summed E-state index contributed by atoms with van der Waals surface area (Å²) in [6, 6.07) is 8.31. The highest BCUT2D eigenvalue weighted by Crippen LogP contribution is 2.33. The van der Waals surface area contributed by atoms with Crippen molar-refractivity contribution in [2.24, 2.45) is 0 Å². The van der Waals surface area contributed by atoms with Gasteiger partial charge < -0.3 is 10.6 Å². The first-order valence-corrected chi connectivity index (χ1v) is 10.2. The number of para-hydroxylation sites is 1. The number of rotatable bonds is 8. The SMILES string of the molecule is C=C1CC(NCCCNCc2sc(C(=C)F)c(C)c2C)Nc2ccccc21. The molecule has 0 saturated carbocycles. The van der Waals surface area contributed by atoms with Crippen LogP contribution in [0.5, 0.6) is 0 Å². The molecular formula is C22H28FN3S. The number of fused-ring (bicyclic) bond motifs is 1. The van der Waals surface area contributed by atoms with E-state index in [0.29, 0.717) is 4.88 Å². The van der Waals surface area contributed by atoms with Gasteiger partial charge in [0.05, 0.1) is 11.0 Å². The molecule has 3 rings (SSSR count). The molecular weight excluding hydrogens is 357 g/mol. The number of anilines is 1. The Morgan fingerprint density at radius 3 is 2.78 bits per heavy atom. The van der Waals surface area contributed by atoms with Crippen LogP contribution in [0.15, 0.2) is 37.4 Å². The molecule has 3 N–H and O–H groups in total. The maximum absolute atomic E-state index is 13.4. The Morgan fingerprint density at radius 1 is 1.26 bits per heavy atom. The Hall–Kier alpha value is -1.95. The number of hydrogen-bond acceptors (Lipinski definition) is 4. The van der Waals surface area contributed by atoms with Crippen molar-refractivity contribution in [3.8, 4) is 0 Å². The van der Waals surface area contributed by atoms with Crippen molar-refractivity contribution in [3.05, 3.63) is 63.9 Å². The molecule has 0 amide bonds. The lowest BCUT2D eigenvalue weighted by Gasteiger charge is -2.29. The minimum Gasteiger partial charge on any atom is -0.369 e. The lowest BCUT2D eigenvalue weighted by Crippen LogP contribution is -2.39. The van der Waals surface area contributed by atoms with E-state index in [1.54, 1.807) is 0 Å². The van der Waals surface area contributed by atoms with Crippen LogP contribution in [-0.4, -0.2) is 19.3 Å². The third kappa shape index (κ3) is 4.67. The zero-order valence-corrected chi connectivity index (χ0v) is 16.9. The molecule has 0 radical (unpaired) electrons. The molecule has 1 atom stereocenters. The Kier molecular flexibility index (Phi) is 6.47. The molecule has 0 saturated heterocycles. The highest BCUT2D eigenvalue weighted by Gasteiger charge is 2.19. The van der Waals surface area contributed by atoms with Gasteiger partial charge in [0, 0.05) is 29.1 Å². The molecule has 27 heavy (non-hydrogen) atoms. The fourth-order valence-electron chi connectivity index (χ4n) is 3.41. The van der Waals surface area contributed by atoms with Gasteiger partial charge in [0.1, 0.15) is 5.83 Å². The van der Waals surface area contributed by atoms with Gasteiger partial charge in [-0.05, 0) is 56.1 Å². The van der Waals surface area contributed by atoms with Crippen molar-refractivity contribution in [2.45, 2.75) is 39.4 Å². The topological polar surface area (TPSA) is 36.1 Å². The first-order chi connectivity index (χ1) is 13.0. The summed E-state index contributed by atoms with van der Waals surface area (Å²) < 4.78 is 13.4. The van der Waals surface area contributed by atoms with Crippen LogP contribution < -0.4 is 16.0 Å². The van der Waals surface area contributed by atoms with Gasteiger partial charge in [0.2, 0.25) is 0 Å². The molecule has 5 heteroatoms. The molecule has 144 valence electrons. The Morgan fingerprint density at radius 2 is 2.04 bits per heavy atom. The van der Waals surface area contributed by atoms with Crippen LogP contribution in [0.3, 0.4) is 0 Å². The number of thiophene rings is 1. The number of halogens is 1. The fraction of sp³-hybridized carbons (Fsp3) is 0.364. The molecule has 0 fully saturated rings. The van der Waals surface area contributed by atoms with E-state index in [1.165, 1.54) is 32.9 Å². The lowest BCUT2D eigenvalue weighted by atomic mass is 9.97. The maximum Gasteiger partial charge on any atom is 0.133 e. The summed E-state index contributed by atoms with van der Waals surface area (Å²) >= 11 is 1.50. The molecule has 2 heterocycles. The Labute approximate surface area is 165 Å². The highest BCUT2D eigenvalue weighted by atomic mass is 32.1. The largest absolute Gasteiger partial charge is 0.369 e. The van der Waals surface area contributed by atoms with Crippen molar-refractivity contribution in [3.63, 3.8) is 0 Å². The lowest BCUT2D eigenvalue weighted by molar-refractivity contribution is 0.533. The highest BCUT2D eigenvalue weighted by molar-refractivity contribution is 7.13. The van der Waals surface area contributed by atoms with Crippen molar-refractivity contribution in [1.82, 2.24) is 10.6 Å². The summed E-state index contributed by atoms with van der Waals surface area (Å²) in [4.78, 5) is 1.87. The first-order valence-electron chi connectivity index (χ1n) is 9.39. The summed E-state index contributed by atoms with van der Waals surface area (Å²) in [5.41, 5.74) is 5.72. The predicted octanol–water partition coefficient (Wildman–Crippen LogP) is 5.23. The van der Waals surface area contributed by atoms with Gasteiger partial charge in [0.15, 0.2) is 0 Å². The summed E-state index contributed by atoms with van der Waals surface area (Å²) in [6.07, 6.45) is 2.17. The monoisotopic (exact) mass is 385 g/mol. The molecule has 0 bridgehead atoms. The van der Waals surface area contributed by atoms with E-state index in [-0.39, 0.29) is 12.0 Å². The average molecular weight is 386 g/mol. The molecule has 0 aliphatic carbocycles. The molecule has 0 spiro atoms. The minimum absolute atomic E-state index is 0.229. The van der Waals surface area contributed by atoms with E-state index in [0.717, 1.165) is 43.7 Å². The first kappa shape index (κ1) is 19.8.